The summed E-state index contributed by atoms with van der Waals surface area (Å²) in [5.41, 5.74) is -1.20. The SMILES string of the molecule is COCC1CCCN(C(=O)N(C)C(C)(C)C(=O)O)C1. The largest absolute Gasteiger partial charge is 0.480 e. The van der Waals surface area contributed by atoms with Crippen molar-refractivity contribution in [3.63, 3.8) is 0 Å². The van der Waals surface area contributed by atoms with E-state index in [1.165, 1.54) is 25.8 Å². The Morgan fingerprint density at radius 1 is 1.47 bits per heavy atom. The first-order chi connectivity index (χ1) is 8.80. The maximum absolute atomic E-state index is 12.3. The van der Waals surface area contributed by atoms with Crippen LogP contribution in [0.15, 0.2) is 0 Å². The fourth-order valence-electron chi connectivity index (χ4n) is 2.21. The Labute approximate surface area is 114 Å². The predicted molar refractivity (Wildman–Crippen MR) is 71.0 cm³/mol. The van der Waals surface area contributed by atoms with Crippen LogP contribution in [0.3, 0.4) is 0 Å². The summed E-state index contributed by atoms with van der Waals surface area (Å²) < 4.78 is 5.13. The van der Waals surface area contributed by atoms with E-state index in [4.69, 9.17) is 9.84 Å². The number of carboxylic acids is 1. The lowest BCUT2D eigenvalue weighted by molar-refractivity contribution is -0.147. The highest BCUT2D eigenvalue weighted by atomic mass is 16.5. The minimum atomic E-state index is -1.20. The third kappa shape index (κ3) is 3.59. The first-order valence-electron chi connectivity index (χ1n) is 6.55. The Balaban J connectivity index is 2.69. The van der Waals surface area contributed by atoms with Crippen molar-refractivity contribution in [2.75, 3.05) is 33.9 Å². The second-order valence-electron chi connectivity index (χ2n) is 5.62. The van der Waals surface area contributed by atoms with Crippen LogP contribution in [0.2, 0.25) is 0 Å². The van der Waals surface area contributed by atoms with Crippen LogP contribution >= 0.6 is 0 Å². The van der Waals surface area contributed by atoms with Crippen molar-refractivity contribution >= 4 is 12.0 Å². The number of likely N-dealkylation sites (N-methyl/N-ethyl adjacent to an activating group) is 1. The van der Waals surface area contributed by atoms with Crippen LogP contribution in [-0.4, -0.2) is 66.3 Å². The van der Waals surface area contributed by atoms with Gasteiger partial charge in [0.25, 0.3) is 0 Å². The number of nitrogens with zero attached hydrogens (tertiary/aromatic N) is 2. The molecule has 6 nitrogen and oxygen atoms in total. The van der Waals surface area contributed by atoms with Gasteiger partial charge >= 0.3 is 12.0 Å². The number of methoxy groups -OCH3 is 1. The molecule has 1 heterocycles. The molecule has 110 valence electrons. The quantitative estimate of drug-likeness (QED) is 0.836. The van der Waals surface area contributed by atoms with E-state index in [-0.39, 0.29) is 6.03 Å². The lowest BCUT2D eigenvalue weighted by Crippen LogP contribution is -2.56. The normalized spacial score (nSPS) is 20.2. The van der Waals surface area contributed by atoms with Crippen molar-refractivity contribution in [3.8, 4) is 0 Å². The lowest BCUT2D eigenvalue weighted by atomic mass is 9.99. The molecule has 0 saturated carbocycles. The zero-order valence-corrected chi connectivity index (χ0v) is 12.2. The maximum Gasteiger partial charge on any atom is 0.329 e. The van der Waals surface area contributed by atoms with Gasteiger partial charge in [-0.3, -0.25) is 0 Å². The molecule has 6 heteroatoms. The minimum absolute atomic E-state index is 0.229. The number of carbonyl (C=O) groups is 2. The third-order valence-electron chi connectivity index (χ3n) is 3.84. The molecule has 1 aliphatic heterocycles. The molecule has 0 aromatic rings. The summed E-state index contributed by atoms with van der Waals surface area (Å²) in [6.07, 6.45) is 1.98. The Bertz CT molecular complexity index is 342. The molecular formula is C13H24N2O4. The number of likely N-dealkylation sites (tertiary alicyclic amines) is 1. The van der Waals surface area contributed by atoms with Crippen LogP contribution < -0.4 is 0 Å². The molecule has 1 saturated heterocycles. The molecule has 1 unspecified atom stereocenters. The van der Waals surface area contributed by atoms with Crippen molar-refractivity contribution in [1.82, 2.24) is 9.80 Å². The van der Waals surface area contributed by atoms with Crippen molar-refractivity contribution in [2.24, 2.45) is 5.92 Å². The van der Waals surface area contributed by atoms with Gasteiger partial charge in [-0.1, -0.05) is 0 Å². The molecule has 0 radical (unpaired) electrons. The summed E-state index contributed by atoms with van der Waals surface area (Å²) in [5.74, 6) is -0.669. The maximum atomic E-state index is 12.3. The van der Waals surface area contributed by atoms with Gasteiger partial charge in [0.15, 0.2) is 0 Å². The van der Waals surface area contributed by atoms with Gasteiger partial charge in [-0.2, -0.15) is 0 Å². The first kappa shape index (κ1) is 15.8. The smallest absolute Gasteiger partial charge is 0.329 e. The second kappa shape index (κ2) is 6.23. The number of hydrogen-bond donors (Lipinski definition) is 1. The van der Waals surface area contributed by atoms with Gasteiger partial charge in [0.05, 0.1) is 6.61 Å². The Kier molecular flexibility index (Phi) is 5.17. The van der Waals surface area contributed by atoms with Crippen LogP contribution in [-0.2, 0) is 9.53 Å². The van der Waals surface area contributed by atoms with Crippen molar-refractivity contribution in [1.29, 1.82) is 0 Å². The number of aliphatic carboxylic acids is 1. The average Bonchev–Trinajstić information content (AvgIpc) is 2.37. The lowest BCUT2D eigenvalue weighted by Gasteiger charge is -2.39. The Hall–Kier alpha value is -1.30. The van der Waals surface area contributed by atoms with Crippen LogP contribution in [0.25, 0.3) is 0 Å². The molecule has 0 aromatic heterocycles. The average molecular weight is 272 g/mol. The topological polar surface area (TPSA) is 70.1 Å². The molecular weight excluding hydrogens is 248 g/mol. The molecule has 0 spiro atoms. The Morgan fingerprint density at radius 2 is 2.11 bits per heavy atom. The number of rotatable bonds is 4. The predicted octanol–water partition coefficient (Wildman–Crippen LogP) is 1.26. The molecule has 2 amide bonds. The summed E-state index contributed by atoms with van der Waals surface area (Å²) in [6, 6.07) is -0.229. The zero-order chi connectivity index (χ0) is 14.6. The number of carbonyl (C=O) groups excluding carboxylic acids is 1. The van der Waals surface area contributed by atoms with E-state index in [1.54, 1.807) is 12.0 Å². The number of carboxylic acid groups (broad SMARTS) is 1. The second-order valence-corrected chi connectivity index (χ2v) is 5.62. The van der Waals surface area contributed by atoms with E-state index in [0.29, 0.717) is 25.6 Å². The highest BCUT2D eigenvalue weighted by Gasteiger charge is 2.38. The number of hydrogen-bond acceptors (Lipinski definition) is 3. The van der Waals surface area contributed by atoms with Gasteiger partial charge in [0, 0.05) is 33.2 Å². The van der Waals surface area contributed by atoms with E-state index < -0.39 is 11.5 Å². The van der Waals surface area contributed by atoms with E-state index in [9.17, 15) is 9.59 Å². The van der Waals surface area contributed by atoms with E-state index >= 15 is 0 Å². The fraction of sp³-hybridized carbons (Fsp3) is 0.846. The monoisotopic (exact) mass is 272 g/mol. The molecule has 19 heavy (non-hydrogen) atoms. The van der Waals surface area contributed by atoms with Gasteiger partial charge in [0.1, 0.15) is 5.54 Å². The fourth-order valence-corrected chi connectivity index (χ4v) is 2.21. The molecule has 1 rings (SSSR count). The van der Waals surface area contributed by atoms with Crippen LogP contribution in [0, 0.1) is 5.92 Å². The van der Waals surface area contributed by atoms with E-state index in [1.807, 2.05) is 0 Å². The van der Waals surface area contributed by atoms with E-state index in [2.05, 4.69) is 0 Å². The summed E-state index contributed by atoms with van der Waals surface area (Å²) in [4.78, 5) is 26.5. The summed E-state index contributed by atoms with van der Waals surface area (Å²) in [7, 11) is 3.19. The standard InChI is InChI=1S/C13H24N2O4/c1-13(2,11(16)17)14(3)12(18)15-7-5-6-10(8-15)9-19-4/h10H,5-9H2,1-4H3,(H,16,17). The van der Waals surface area contributed by atoms with Gasteiger partial charge in [-0.25, -0.2) is 9.59 Å². The van der Waals surface area contributed by atoms with E-state index in [0.717, 1.165) is 12.8 Å². The molecule has 1 aliphatic rings. The first-order valence-corrected chi connectivity index (χ1v) is 6.55. The van der Waals surface area contributed by atoms with Gasteiger partial charge in [-0.15, -0.1) is 0 Å². The highest BCUT2D eigenvalue weighted by molar-refractivity contribution is 5.85. The summed E-state index contributed by atoms with van der Waals surface area (Å²) in [5, 5.41) is 9.16. The van der Waals surface area contributed by atoms with Crippen LogP contribution in [0.5, 0.6) is 0 Å². The van der Waals surface area contributed by atoms with Crippen molar-refractivity contribution < 1.29 is 19.4 Å². The number of piperidine rings is 1. The molecule has 1 atom stereocenters. The van der Waals surface area contributed by atoms with Crippen LogP contribution in [0.4, 0.5) is 4.79 Å². The number of ether oxygens (including phenoxy) is 1. The zero-order valence-electron chi connectivity index (χ0n) is 12.2. The minimum Gasteiger partial charge on any atom is -0.480 e. The molecule has 0 aliphatic carbocycles. The van der Waals surface area contributed by atoms with Crippen molar-refractivity contribution in [3.05, 3.63) is 0 Å². The summed E-state index contributed by atoms with van der Waals surface area (Å²) >= 11 is 0. The van der Waals surface area contributed by atoms with Gasteiger partial charge in [-0.05, 0) is 26.7 Å². The highest BCUT2D eigenvalue weighted by Crippen LogP contribution is 2.21. The van der Waals surface area contributed by atoms with Gasteiger partial charge in [0.2, 0.25) is 0 Å². The van der Waals surface area contributed by atoms with Gasteiger partial charge < -0.3 is 19.6 Å². The number of amides is 2. The molecule has 0 aromatic carbocycles. The Morgan fingerprint density at radius 3 is 2.63 bits per heavy atom. The summed E-state index contributed by atoms with van der Waals surface area (Å²) in [6.45, 7) is 5.01. The van der Waals surface area contributed by atoms with Crippen LogP contribution in [0.1, 0.15) is 26.7 Å². The third-order valence-corrected chi connectivity index (χ3v) is 3.84. The molecule has 1 N–H and O–H groups in total. The van der Waals surface area contributed by atoms with Crippen molar-refractivity contribution in [2.45, 2.75) is 32.2 Å². The number of urea groups is 1. The molecule has 0 bridgehead atoms. The molecule has 1 fully saturated rings.